The van der Waals surface area contributed by atoms with E-state index in [0.29, 0.717) is 22.8 Å². The first kappa shape index (κ1) is 20.1. The molecule has 0 unspecified atom stereocenters. The second kappa shape index (κ2) is 8.01. The van der Waals surface area contributed by atoms with Gasteiger partial charge >= 0.3 is 0 Å². The first-order valence-electron chi connectivity index (χ1n) is 10.00. The maximum atomic E-state index is 13.5. The molecule has 0 N–H and O–H groups in total. The third-order valence-electron chi connectivity index (χ3n) is 5.38. The zero-order valence-electron chi connectivity index (χ0n) is 17.4. The SMILES string of the molecule is Cc1ccc2c(c1)c(C(=O)c1nnc(-c3ccncn3)o1)c(C)n2Cc1ccc(Cl)cc1. The number of carbonyl (C=O) groups is 1. The predicted molar refractivity (Wildman–Crippen MR) is 121 cm³/mol. The summed E-state index contributed by atoms with van der Waals surface area (Å²) in [5.74, 6) is -0.219. The molecule has 0 aliphatic heterocycles. The van der Waals surface area contributed by atoms with Crippen LogP contribution in [0.15, 0.2) is 65.5 Å². The molecule has 0 aliphatic rings. The molecule has 8 heteroatoms. The van der Waals surface area contributed by atoms with Crippen molar-refractivity contribution in [2.24, 2.45) is 0 Å². The maximum absolute atomic E-state index is 13.5. The molecule has 7 nitrogen and oxygen atoms in total. The van der Waals surface area contributed by atoms with Gasteiger partial charge < -0.3 is 8.98 Å². The van der Waals surface area contributed by atoms with Crippen LogP contribution < -0.4 is 0 Å². The Hall–Kier alpha value is -3.84. The molecule has 158 valence electrons. The number of nitrogens with zero attached hydrogens (tertiary/aromatic N) is 5. The number of hydrogen-bond donors (Lipinski definition) is 0. The van der Waals surface area contributed by atoms with Crippen LogP contribution >= 0.6 is 11.6 Å². The van der Waals surface area contributed by atoms with Gasteiger partial charge in [-0.05, 0) is 49.7 Å². The fourth-order valence-corrected chi connectivity index (χ4v) is 3.93. The number of rotatable bonds is 5. The number of aromatic nitrogens is 5. The molecule has 0 aliphatic carbocycles. The fraction of sp³-hybridized carbons (Fsp3) is 0.125. The summed E-state index contributed by atoms with van der Waals surface area (Å²) < 4.78 is 7.79. The largest absolute Gasteiger partial charge is 0.412 e. The molecule has 0 radical (unpaired) electrons. The summed E-state index contributed by atoms with van der Waals surface area (Å²) in [7, 11) is 0. The van der Waals surface area contributed by atoms with Gasteiger partial charge in [0.25, 0.3) is 17.6 Å². The third kappa shape index (κ3) is 3.56. The van der Waals surface area contributed by atoms with Crippen molar-refractivity contribution in [1.82, 2.24) is 24.7 Å². The molecule has 0 saturated heterocycles. The predicted octanol–water partition coefficient (Wildman–Crippen LogP) is 5.03. The Bertz CT molecular complexity index is 1440. The van der Waals surface area contributed by atoms with Crippen LogP contribution in [0.25, 0.3) is 22.5 Å². The van der Waals surface area contributed by atoms with E-state index in [4.69, 9.17) is 16.0 Å². The Labute approximate surface area is 188 Å². The lowest BCUT2D eigenvalue weighted by Crippen LogP contribution is -2.06. The fourth-order valence-electron chi connectivity index (χ4n) is 3.80. The van der Waals surface area contributed by atoms with E-state index in [1.807, 2.05) is 56.3 Å². The lowest BCUT2D eigenvalue weighted by atomic mass is 10.0. The standard InChI is InChI=1S/C24H18ClN5O2/c1-14-3-8-20-18(11-14)21(15(2)30(20)12-16-4-6-17(25)7-5-16)22(31)24-29-28-23(32-24)19-9-10-26-13-27-19/h3-11,13H,12H2,1-2H3. The van der Waals surface area contributed by atoms with Crippen LogP contribution in [0, 0.1) is 13.8 Å². The molecule has 3 aromatic heterocycles. The average molecular weight is 444 g/mol. The number of aryl methyl sites for hydroxylation is 1. The molecule has 0 bridgehead atoms. The third-order valence-corrected chi connectivity index (χ3v) is 5.63. The molecule has 0 amide bonds. The number of fused-ring (bicyclic) bond motifs is 1. The Kier molecular flexibility index (Phi) is 5.03. The van der Waals surface area contributed by atoms with Gasteiger partial charge in [-0.25, -0.2) is 9.97 Å². The zero-order valence-corrected chi connectivity index (χ0v) is 18.2. The van der Waals surface area contributed by atoms with Gasteiger partial charge in [-0.2, -0.15) is 0 Å². The highest BCUT2D eigenvalue weighted by molar-refractivity contribution is 6.30. The van der Waals surface area contributed by atoms with Crippen molar-refractivity contribution in [3.05, 3.63) is 94.4 Å². The molecule has 5 rings (SSSR count). The molecule has 0 saturated carbocycles. The van der Waals surface area contributed by atoms with Crippen molar-refractivity contribution >= 4 is 28.3 Å². The molecule has 5 aromatic rings. The Morgan fingerprint density at radius 2 is 1.88 bits per heavy atom. The monoisotopic (exact) mass is 443 g/mol. The highest BCUT2D eigenvalue weighted by Gasteiger charge is 2.26. The summed E-state index contributed by atoms with van der Waals surface area (Å²) in [6, 6.07) is 15.4. The van der Waals surface area contributed by atoms with Crippen LogP contribution in [-0.2, 0) is 6.54 Å². The van der Waals surface area contributed by atoms with Crippen LogP contribution in [-0.4, -0.2) is 30.5 Å². The molecule has 32 heavy (non-hydrogen) atoms. The number of halogens is 1. The minimum absolute atomic E-state index is 0.0752. The van der Waals surface area contributed by atoms with Crippen molar-refractivity contribution in [2.75, 3.05) is 0 Å². The van der Waals surface area contributed by atoms with Crippen molar-refractivity contribution in [1.29, 1.82) is 0 Å². The van der Waals surface area contributed by atoms with Crippen LogP contribution in [0.3, 0.4) is 0 Å². The summed E-state index contributed by atoms with van der Waals surface area (Å²) in [5.41, 5.74) is 4.94. The first-order chi connectivity index (χ1) is 15.5. The highest BCUT2D eigenvalue weighted by atomic mass is 35.5. The van der Waals surface area contributed by atoms with Gasteiger partial charge in [-0.15, -0.1) is 10.2 Å². The summed E-state index contributed by atoms with van der Waals surface area (Å²) in [5, 5.41) is 9.52. The van der Waals surface area contributed by atoms with Crippen molar-refractivity contribution in [2.45, 2.75) is 20.4 Å². The van der Waals surface area contributed by atoms with Gasteiger partial charge in [0.05, 0.1) is 5.56 Å². The van der Waals surface area contributed by atoms with E-state index >= 15 is 0 Å². The van der Waals surface area contributed by atoms with E-state index in [2.05, 4.69) is 24.7 Å². The van der Waals surface area contributed by atoms with Crippen molar-refractivity contribution < 1.29 is 9.21 Å². The van der Waals surface area contributed by atoms with Gasteiger partial charge in [0.2, 0.25) is 0 Å². The quantitative estimate of drug-likeness (QED) is 0.354. The topological polar surface area (TPSA) is 86.7 Å². The minimum atomic E-state index is -0.319. The van der Waals surface area contributed by atoms with E-state index in [1.165, 1.54) is 6.33 Å². The molecule has 2 aromatic carbocycles. The normalized spacial score (nSPS) is 11.2. The summed E-state index contributed by atoms with van der Waals surface area (Å²) in [6.45, 7) is 4.53. The number of carbonyl (C=O) groups excluding carboxylic acids is 1. The lowest BCUT2D eigenvalue weighted by molar-refractivity contribution is 0.100. The van der Waals surface area contributed by atoms with Crippen LogP contribution in [0.1, 0.15) is 33.1 Å². The Morgan fingerprint density at radius 3 is 2.62 bits per heavy atom. The molecule has 3 heterocycles. The van der Waals surface area contributed by atoms with Gasteiger partial charge in [-0.3, -0.25) is 4.79 Å². The Balaban J connectivity index is 1.60. The van der Waals surface area contributed by atoms with Crippen LogP contribution in [0.5, 0.6) is 0 Å². The van der Waals surface area contributed by atoms with Crippen molar-refractivity contribution in [3.63, 3.8) is 0 Å². The van der Waals surface area contributed by atoms with Crippen LogP contribution in [0.4, 0.5) is 0 Å². The van der Waals surface area contributed by atoms with E-state index in [-0.39, 0.29) is 17.6 Å². The second-order valence-electron chi connectivity index (χ2n) is 7.53. The maximum Gasteiger partial charge on any atom is 0.289 e. The van der Waals surface area contributed by atoms with Gasteiger partial charge in [-0.1, -0.05) is 35.4 Å². The smallest absolute Gasteiger partial charge is 0.289 e. The molecule has 0 spiro atoms. The first-order valence-corrected chi connectivity index (χ1v) is 10.4. The zero-order chi connectivity index (χ0) is 22.2. The molecule has 0 atom stereocenters. The number of benzene rings is 2. The number of ketones is 1. The van der Waals surface area contributed by atoms with Gasteiger partial charge in [0, 0.05) is 34.4 Å². The van der Waals surface area contributed by atoms with E-state index in [0.717, 1.165) is 27.7 Å². The molecular weight excluding hydrogens is 426 g/mol. The Morgan fingerprint density at radius 1 is 1.06 bits per heavy atom. The van der Waals surface area contributed by atoms with Gasteiger partial charge in [0.1, 0.15) is 12.0 Å². The van der Waals surface area contributed by atoms with Crippen LogP contribution in [0.2, 0.25) is 5.02 Å². The minimum Gasteiger partial charge on any atom is -0.412 e. The van der Waals surface area contributed by atoms with Gasteiger partial charge in [0.15, 0.2) is 0 Å². The average Bonchev–Trinajstić information content (AvgIpc) is 3.39. The highest BCUT2D eigenvalue weighted by Crippen LogP contribution is 2.30. The number of hydrogen-bond acceptors (Lipinski definition) is 6. The lowest BCUT2D eigenvalue weighted by Gasteiger charge is -2.09. The van der Waals surface area contributed by atoms with Crippen molar-refractivity contribution in [3.8, 4) is 11.6 Å². The second-order valence-corrected chi connectivity index (χ2v) is 7.97. The van der Waals surface area contributed by atoms with E-state index in [1.54, 1.807) is 12.3 Å². The summed E-state index contributed by atoms with van der Waals surface area (Å²) in [4.78, 5) is 21.5. The molecular formula is C24H18ClN5O2. The van der Waals surface area contributed by atoms with E-state index in [9.17, 15) is 4.79 Å². The summed E-state index contributed by atoms with van der Waals surface area (Å²) >= 11 is 6.04. The summed E-state index contributed by atoms with van der Waals surface area (Å²) in [6.07, 6.45) is 2.96. The molecule has 0 fully saturated rings. The van der Waals surface area contributed by atoms with E-state index < -0.39 is 0 Å².